The summed E-state index contributed by atoms with van der Waals surface area (Å²) in [5, 5.41) is 13.4. The highest BCUT2D eigenvalue weighted by atomic mass is 32.2. The van der Waals surface area contributed by atoms with E-state index in [9.17, 15) is 9.59 Å². The summed E-state index contributed by atoms with van der Waals surface area (Å²) in [6.07, 6.45) is 1.91. The van der Waals surface area contributed by atoms with Gasteiger partial charge in [0, 0.05) is 0 Å². The lowest BCUT2D eigenvalue weighted by Crippen LogP contribution is -2.27. The van der Waals surface area contributed by atoms with Gasteiger partial charge in [-0.2, -0.15) is 0 Å². The SMILES string of the molecule is O=C(O)c1ccc(N2C(=O)/C(=C/c3c4ccccc4cc4ccccc34)SC2=S)cc1. The molecule has 1 heterocycles. The van der Waals surface area contributed by atoms with Crippen molar-refractivity contribution in [2.24, 2.45) is 0 Å². The van der Waals surface area contributed by atoms with Crippen LogP contribution in [-0.2, 0) is 4.79 Å². The lowest BCUT2D eigenvalue weighted by atomic mass is 9.96. The first-order valence-corrected chi connectivity index (χ1v) is 10.8. The molecule has 0 aliphatic carbocycles. The van der Waals surface area contributed by atoms with Crippen molar-refractivity contribution in [2.75, 3.05) is 4.90 Å². The van der Waals surface area contributed by atoms with E-state index >= 15 is 0 Å². The van der Waals surface area contributed by atoms with Gasteiger partial charge in [-0.1, -0.05) is 72.5 Å². The molecule has 0 unspecified atom stereocenters. The Labute approximate surface area is 187 Å². The van der Waals surface area contributed by atoms with Crippen LogP contribution in [0.3, 0.4) is 0 Å². The largest absolute Gasteiger partial charge is 0.478 e. The molecule has 1 aliphatic rings. The van der Waals surface area contributed by atoms with Crippen molar-refractivity contribution < 1.29 is 14.7 Å². The van der Waals surface area contributed by atoms with Crippen LogP contribution in [0.2, 0.25) is 0 Å². The fourth-order valence-corrected chi connectivity index (χ4v) is 5.06. The highest BCUT2D eigenvalue weighted by molar-refractivity contribution is 8.27. The molecule has 1 fully saturated rings. The minimum atomic E-state index is -1.01. The van der Waals surface area contributed by atoms with Gasteiger partial charge in [-0.15, -0.1) is 0 Å². The zero-order valence-corrected chi connectivity index (χ0v) is 17.7. The zero-order valence-electron chi connectivity index (χ0n) is 16.1. The minimum absolute atomic E-state index is 0.159. The lowest BCUT2D eigenvalue weighted by Gasteiger charge is -2.14. The number of hydrogen-bond donors (Lipinski definition) is 1. The summed E-state index contributed by atoms with van der Waals surface area (Å²) in [5.74, 6) is -1.23. The van der Waals surface area contributed by atoms with Crippen LogP contribution in [0.4, 0.5) is 5.69 Å². The number of anilines is 1. The second kappa shape index (κ2) is 7.65. The Morgan fingerprint density at radius 2 is 1.48 bits per heavy atom. The molecule has 0 radical (unpaired) electrons. The van der Waals surface area contributed by atoms with Gasteiger partial charge in [-0.3, -0.25) is 9.69 Å². The maximum absolute atomic E-state index is 13.2. The van der Waals surface area contributed by atoms with E-state index in [1.165, 1.54) is 28.8 Å². The number of fused-ring (bicyclic) bond motifs is 2. The maximum atomic E-state index is 13.2. The molecule has 0 aromatic heterocycles. The smallest absolute Gasteiger partial charge is 0.335 e. The topological polar surface area (TPSA) is 57.6 Å². The van der Waals surface area contributed by atoms with Crippen LogP contribution in [0.5, 0.6) is 0 Å². The number of carboxylic acids is 1. The fraction of sp³-hybridized carbons (Fsp3) is 0. The lowest BCUT2D eigenvalue weighted by molar-refractivity contribution is -0.113. The Balaban J connectivity index is 1.62. The molecule has 0 spiro atoms. The predicted molar refractivity (Wildman–Crippen MR) is 131 cm³/mol. The van der Waals surface area contributed by atoms with Crippen molar-refractivity contribution in [1.29, 1.82) is 0 Å². The number of nitrogens with zero attached hydrogens (tertiary/aromatic N) is 1. The summed E-state index contributed by atoms with van der Waals surface area (Å²) in [6.45, 7) is 0. The summed E-state index contributed by atoms with van der Waals surface area (Å²) < 4.78 is 0.420. The maximum Gasteiger partial charge on any atom is 0.335 e. The molecule has 1 saturated heterocycles. The van der Waals surface area contributed by atoms with E-state index in [-0.39, 0.29) is 11.5 Å². The standard InChI is InChI=1S/C25H15NO3S2/c27-23-22(31-25(30)26(23)18-11-9-15(10-12-18)24(28)29)14-21-19-7-3-1-5-16(19)13-17-6-2-4-8-20(17)21/h1-14H,(H,28,29)/b22-14-. The van der Waals surface area contributed by atoms with Crippen LogP contribution < -0.4 is 4.90 Å². The van der Waals surface area contributed by atoms with Crippen LogP contribution >= 0.6 is 24.0 Å². The zero-order chi connectivity index (χ0) is 21.5. The number of amides is 1. The highest BCUT2D eigenvalue weighted by Crippen LogP contribution is 2.38. The van der Waals surface area contributed by atoms with Gasteiger partial charge in [0.2, 0.25) is 0 Å². The molecule has 6 heteroatoms. The number of rotatable bonds is 3. The van der Waals surface area contributed by atoms with Gasteiger partial charge in [-0.05, 0) is 63.5 Å². The molecule has 4 nitrogen and oxygen atoms in total. The van der Waals surface area contributed by atoms with Gasteiger partial charge in [0.05, 0.1) is 16.2 Å². The van der Waals surface area contributed by atoms with Gasteiger partial charge < -0.3 is 5.11 Å². The van der Waals surface area contributed by atoms with E-state index in [0.717, 1.165) is 27.1 Å². The van der Waals surface area contributed by atoms with Gasteiger partial charge >= 0.3 is 5.97 Å². The summed E-state index contributed by atoms with van der Waals surface area (Å²) in [7, 11) is 0. The molecule has 31 heavy (non-hydrogen) atoms. The Hall–Kier alpha value is -3.48. The Bertz CT molecular complexity index is 1370. The monoisotopic (exact) mass is 441 g/mol. The van der Waals surface area contributed by atoms with Crippen LogP contribution in [0.15, 0.2) is 83.8 Å². The number of thiocarbonyl (C=S) groups is 1. The van der Waals surface area contributed by atoms with Crippen LogP contribution in [0.1, 0.15) is 15.9 Å². The number of benzene rings is 4. The van der Waals surface area contributed by atoms with Gasteiger partial charge in [0.25, 0.3) is 5.91 Å². The number of carbonyl (C=O) groups excluding carboxylic acids is 1. The summed E-state index contributed by atoms with van der Waals surface area (Å²) in [5.41, 5.74) is 1.70. The van der Waals surface area contributed by atoms with Crippen molar-refractivity contribution >= 4 is 73.5 Å². The minimum Gasteiger partial charge on any atom is -0.478 e. The van der Waals surface area contributed by atoms with E-state index < -0.39 is 5.97 Å². The van der Waals surface area contributed by atoms with E-state index in [0.29, 0.717) is 14.9 Å². The van der Waals surface area contributed by atoms with Crippen molar-refractivity contribution in [2.45, 2.75) is 0 Å². The molecule has 0 bridgehead atoms. The fourth-order valence-electron chi connectivity index (χ4n) is 3.78. The number of carbonyl (C=O) groups is 2. The first-order chi connectivity index (χ1) is 15.0. The molecule has 1 amide bonds. The Morgan fingerprint density at radius 3 is 2.06 bits per heavy atom. The van der Waals surface area contributed by atoms with Gasteiger partial charge in [0.15, 0.2) is 4.32 Å². The molecular formula is C25H15NO3S2. The van der Waals surface area contributed by atoms with E-state index in [4.69, 9.17) is 17.3 Å². The van der Waals surface area contributed by atoms with Crippen LogP contribution in [0.25, 0.3) is 27.6 Å². The van der Waals surface area contributed by atoms with E-state index in [1.807, 2.05) is 30.3 Å². The molecule has 5 rings (SSSR count). The van der Waals surface area contributed by atoms with E-state index in [2.05, 4.69) is 30.3 Å². The molecule has 4 aromatic rings. The number of aromatic carboxylic acids is 1. The molecule has 0 saturated carbocycles. The summed E-state index contributed by atoms with van der Waals surface area (Å²) in [6, 6.07) is 24.5. The third-order valence-electron chi connectivity index (χ3n) is 5.25. The van der Waals surface area contributed by atoms with Crippen molar-refractivity contribution in [3.63, 3.8) is 0 Å². The average Bonchev–Trinajstić information content (AvgIpc) is 3.06. The second-order valence-electron chi connectivity index (χ2n) is 7.10. The van der Waals surface area contributed by atoms with Crippen molar-refractivity contribution in [3.05, 3.63) is 94.9 Å². The summed E-state index contributed by atoms with van der Waals surface area (Å²) in [4.78, 5) is 26.3. The van der Waals surface area contributed by atoms with Crippen LogP contribution in [-0.4, -0.2) is 21.3 Å². The molecule has 4 aromatic carbocycles. The van der Waals surface area contributed by atoms with E-state index in [1.54, 1.807) is 12.1 Å². The molecule has 1 aliphatic heterocycles. The average molecular weight is 442 g/mol. The first kappa shape index (κ1) is 19.5. The second-order valence-corrected chi connectivity index (χ2v) is 8.78. The number of hydrogen-bond acceptors (Lipinski definition) is 4. The third kappa shape index (κ3) is 3.40. The first-order valence-electron chi connectivity index (χ1n) is 9.55. The third-order valence-corrected chi connectivity index (χ3v) is 6.56. The summed E-state index contributed by atoms with van der Waals surface area (Å²) >= 11 is 6.73. The normalized spacial score (nSPS) is 15.4. The quantitative estimate of drug-likeness (QED) is 0.237. The Morgan fingerprint density at radius 1 is 0.903 bits per heavy atom. The molecule has 150 valence electrons. The molecule has 0 atom stereocenters. The van der Waals surface area contributed by atoms with Gasteiger partial charge in [0.1, 0.15) is 0 Å². The molecular weight excluding hydrogens is 426 g/mol. The van der Waals surface area contributed by atoms with Crippen molar-refractivity contribution in [3.8, 4) is 0 Å². The Kier molecular flexibility index (Phi) is 4.81. The predicted octanol–water partition coefficient (Wildman–Crippen LogP) is 6.10. The number of thioether (sulfide) groups is 1. The number of carboxylic acid groups (broad SMARTS) is 1. The van der Waals surface area contributed by atoms with Crippen molar-refractivity contribution in [1.82, 2.24) is 0 Å². The highest BCUT2D eigenvalue weighted by Gasteiger charge is 2.33. The van der Waals surface area contributed by atoms with Gasteiger partial charge in [-0.25, -0.2) is 4.79 Å². The van der Waals surface area contributed by atoms with Crippen LogP contribution in [0, 0.1) is 0 Å². The molecule has 1 N–H and O–H groups in total.